The fraction of sp³-hybridized carbons (Fsp3) is 0.438. The molecular weight excluding hydrogens is 334 g/mol. The summed E-state index contributed by atoms with van der Waals surface area (Å²) in [7, 11) is -1.69. The predicted octanol–water partition coefficient (Wildman–Crippen LogP) is 2.74. The molecule has 0 fully saturated rings. The number of hydrogen-bond donors (Lipinski definition) is 1. The van der Waals surface area contributed by atoms with Gasteiger partial charge in [-0.1, -0.05) is 17.7 Å². The van der Waals surface area contributed by atoms with Crippen LogP contribution in [0.1, 0.15) is 35.4 Å². The van der Waals surface area contributed by atoms with E-state index in [2.05, 4.69) is 9.82 Å². The van der Waals surface area contributed by atoms with E-state index in [0.717, 1.165) is 25.0 Å². The summed E-state index contributed by atoms with van der Waals surface area (Å²) in [5.74, 6) is 0. The minimum absolute atomic E-state index is 0.206. The molecule has 0 radical (unpaired) electrons. The standard InChI is InChI=1S/C16H20ClN3O2S/c1-11-13(17)7-5-9-16(11)23(21,22)18-10-14-12-6-3-4-8-15(12)20(2)19-14/h5,7,9,18H,3-4,6,8,10H2,1-2H3. The minimum Gasteiger partial charge on any atom is -0.272 e. The van der Waals surface area contributed by atoms with Crippen molar-refractivity contribution in [2.45, 2.75) is 44.0 Å². The van der Waals surface area contributed by atoms with Crippen LogP contribution >= 0.6 is 11.6 Å². The molecule has 0 aliphatic heterocycles. The third-order valence-electron chi connectivity index (χ3n) is 4.39. The van der Waals surface area contributed by atoms with Gasteiger partial charge in [-0.05, 0) is 55.9 Å². The number of rotatable bonds is 4. The molecule has 0 atom stereocenters. The predicted molar refractivity (Wildman–Crippen MR) is 90.1 cm³/mol. The van der Waals surface area contributed by atoms with Crippen molar-refractivity contribution in [2.75, 3.05) is 0 Å². The average molecular weight is 354 g/mol. The van der Waals surface area contributed by atoms with Crippen molar-refractivity contribution in [2.24, 2.45) is 7.05 Å². The molecule has 0 unspecified atom stereocenters. The Morgan fingerprint density at radius 1 is 1.30 bits per heavy atom. The van der Waals surface area contributed by atoms with E-state index >= 15 is 0 Å². The van der Waals surface area contributed by atoms with Crippen LogP contribution in [0.5, 0.6) is 0 Å². The van der Waals surface area contributed by atoms with Crippen LogP contribution in [0, 0.1) is 6.92 Å². The van der Waals surface area contributed by atoms with Gasteiger partial charge in [0.2, 0.25) is 10.0 Å². The van der Waals surface area contributed by atoms with Crippen LogP contribution in [0.25, 0.3) is 0 Å². The van der Waals surface area contributed by atoms with Gasteiger partial charge < -0.3 is 0 Å². The van der Waals surface area contributed by atoms with Crippen LogP contribution < -0.4 is 4.72 Å². The lowest BCUT2D eigenvalue weighted by Crippen LogP contribution is -2.25. The van der Waals surface area contributed by atoms with Crippen molar-refractivity contribution in [3.63, 3.8) is 0 Å². The van der Waals surface area contributed by atoms with Crippen molar-refractivity contribution in [3.8, 4) is 0 Å². The Kier molecular flexibility index (Phi) is 4.49. The first-order chi connectivity index (χ1) is 10.9. The zero-order chi connectivity index (χ0) is 16.6. The second-order valence-electron chi connectivity index (χ2n) is 5.89. The molecule has 0 spiro atoms. The number of benzene rings is 1. The van der Waals surface area contributed by atoms with E-state index in [9.17, 15) is 8.42 Å². The third-order valence-corrected chi connectivity index (χ3v) is 6.34. The van der Waals surface area contributed by atoms with Crippen molar-refractivity contribution in [1.82, 2.24) is 14.5 Å². The quantitative estimate of drug-likeness (QED) is 0.919. The Hall–Kier alpha value is -1.37. The molecule has 1 aromatic carbocycles. The van der Waals surface area contributed by atoms with Crippen LogP contribution in [0.2, 0.25) is 5.02 Å². The van der Waals surface area contributed by atoms with Gasteiger partial charge in [0.05, 0.1) is 17.1 Å². The lowest BCUT2D eigenvalue weighted by Gasteiger charge is -2.13. The van der Waals surface area contributed by atoms with Crippen LogP contribution in [-0.2, 0) is 36.5 Å². The summed E-state index contributed by atoms with van der Waals surface area (Å²) < 4.78 is 29.6. The van der Waals surface area contributed by atoms with Gasteiger partial charge in [0.15, 0.2) is 0 Å². The molecule has 7 heteroatoms. The fourth-order valence-electron chi connectivity index (χ4n) is 3.12. The molecule has 23 heavy (non-hydrogen) atoms. The van der Waals surface area contributed by atoms with Gasteiger partial charge >= 0.3 is 0 Å². The van der Waals surface area contributed by atoms with Gasteiger partial charge in [-0.3, -0.25) is 4.68 Å². The highest BCUT2D eigenvalue weighted by atomic mass is 35.5. The van der Waals surface area contributed by atoms with Gasteiger partial charge in [0, 0.05) is 17.8 Å². The maximum Gasteiger partial charge on any atom is 0.241 e. The number of fused-ring (bicyclic) bond motifs is 1. The molecule has 1 heterocycles. The molecule has 124 valence electrons. The molecule has 2 aromatic rings. The fourth-order valence-corrected chi connectivity index (χ4v) is 4.60. The molecule has 3 rings (SSSR count). The lowest BCUT2D eigenvalue weighted by atomic mass is 9.96. The van der Waals surface area contributed by atoms with E-state index in [0.29, 0.717) is 10.6 Å². The third kappa shape index (κ3) is 3.16. The van der Waals surface area contributed by atoms with Crippen LogP contribution in [-0.4, -0.2) is 18.2 Å². The van der Waals surface area contributed by atoms with Crippen molar-refractivity contribution >= 4 is 21.6 Å². The highest BCUT2D eigenvalue weighted by molar-refractivity contribution is 7.89. The van der Waals surface area contributed by atoms with Crippen molar-refractivity contribution in [1.29, 1.82) is 0 Å². The number of sulfonamides is 1. The van der Waals surface area contributed by atoms with Crippen LogP contribution in [0.3, 0.4) is 0 Å². The first-order valence-electron chi connectivity index (χ1n) is 7.68. The van der Waals surface area contributed by atoms with E-state index < -0.39 is 10.0 Å². The zero-order valence-electron chi connectivity index (χ0n) is 13.3. The summed E-state index contributed by atoms with van der Waals surface area (Å²) in [6.07, 6.45) is 4.28. The molecule has 1 aromatic heterocycles. The van der Waals surface area contributed by atoms with Gasteiger partial charge in [-0.25, -0.2) is 13.1 Å². The molecule has 0 saturated heterocycles. The molecular formula is C16H20ClN3O2S. The summed E-state index contributed by atoms with van der Waals surface area (Å²) in [4.78, 5) is 0.217. The van der Waals surface area contributed by atoms with Gasteiger partial charge in [0.25, 0.3) is 0 Å². The molecule has 1 N–H and O–H groups in total. The number of nitrogens with zero attached hydrogens (tertiary/aromatic N) is 2. The maximum absolute atomic E-state index is 12.5. The normalized spacial score (nSPS) is 14.7. The van der Waals surface area contributed by atoms with Gasteiger partial charge in [-0.15, -0.1) is 0 Å². The van der Waals surface area contributed by atoms with E-state index in [-0.39, 0.29) is 11.4 Å². The Labute approximate surface area is 141 Å². The average Bonchev–Trinajstić information content (AvgIpc) is 2.85. The highest BCUT2D eigenvalue weighted by Crippen LogP contribution is 2.25. The van der Waals surface area contributed by atoms with Crippen molar-refractivity contribution in [3.05, 3.63) is 45.7 Å². The SMILES string of the molecule is Cc1c(Cl)cccc1S(=O)(=O)NCc1nn(C)c2c1CCCC2. The number of aromatic nitrogens is 2. The summed E-state index contributed by atoms with van der Waals surface area (Å²) in [6.45, 7) is 1.91. The second-order valence-corrected chi connectivity index (χ2v) is 8.03. The second kappa shape index (κ2) is 6.26. The maximum atomic E-state index is 12.5. The Bertz CT molecular complexity index is 843. The zero-order valence-corrected chi connectivity index (χ0v) is 14.8. The molecule has 0 amide bonds. The Morgan fingerprint density at radius 3 is 2.83 bits per heavy atom. The Morgan fingerprint density at radius 2 is 2.04 bits per heavy atom. The first-order valence-corrected chi connectivity index (χ1v) is 9.54. The van der Waals surface area contributed by atoms with Crippen LogP contribution in [0.15, 0.2) is 23.1 Å². The molecule has 0 saturated carbocycles. The lowest BCUT2D eigenvalue weighted by molar-refractivity contribution is 0.578. The van der Waals surface area contributed by atoms with E-state index in [1.807, 2.05) is 11.7 Å². The summed E-state index contributed by atoms with van der Waals surface area (Å²) in [6, 6.07) is 4.90. The topological polar surface area (TPSA) is 64.0 Å². The van der Waals surface area contributed by atoms with E-state index in [1.165, 1.54) is 17.7 Å². The van der Waals surface area contributed by atoms with E-state index in [1.54, 1.807) is 25.1 Å². The number of halogens is 1. The molecule has 1 aliphatic carbocycles. The highest BCUT2D eigenvalue weighted by Gasteiger charge is 2.22. The van der Waals surface area contributed by atoms with Gasteiger partial charge in [0.1, 0.15) is 0 Å². The summed E-state index contributed by atoms with van der Waals surface area (Å²) in [5.41, 5.74) is 3.81. The summed E-state index contributed by atoms with van der Waals surface area (Å²) in [5, 5.41) is 4.94. The molecule has 1 aliphatic rings. The molecule has 0 bridgehead atoms. The summed E-state index contributed by atoms with van der Waals surface area (Å²) >= 11 is 6.03. The molecule has 5 nitrogen and oxygen atoms in total. The smallest absolute Gasteiger partial charge is 0.241 e. The monoisotopic (exact) mass is 353 g/mol. The Balaban J connectivity index is 1.84. The number of hydrogen-bond acceptors (Lipinski definition) is 3. The number of nitrogens with one attached hydrogen (secondary N) is 1. The van der Waals surface area contributed by atoms with Gasteiger partial charge in [-0.2, -0.15) is 5.10 Å². The number of aryl methyl sites for hydroxylation is 1. The van der Waals surface area contributed by atoms with Crippen molar-refractivity contribution < 1.29 is 8.42 Å². The van der Waals surface area contributed by atoms with Crippen LogP contribution in [0.4, 0.5) is 0 Å². The van der Waals surface area contributed by atoms with E-state index in [4.69, 9.17) is 11.6 Å². The first kappa shape index (κ1) is 16.5. The minimum atomic E-state index is -3.61. The largest absolute Gasteiger partial charge is 0.272 e.